The number of ether oxygens (including phenoxy) is 1. The number of carbonyl (C=O) groups is 1. The zero-order valence-corrected chi connectivity index (χ0v) is 13.2. The second kappa shape index (κ2) is 7.24. The first-order valence-electron chi connectivity index (χ1n) is 7.90. The van der Waals surface area contributed by atoms with Crippen molar-refractivity contribution in [3.05, 3.63) is 53.7 Å². The summed E-state index contributed by atoms with van der Waals surface area (Å²) in [6.45, 7) is 3.61. The van der Waals surface area contributed by atoms with Crippen molar-refractivity contribution in [1.82, 2.24) is 4.98 Å². The summed E-state index contributed by atoms with van der Waals surface area (Å²) in [7, 11) is 0. The molecule has 3 rings (SSSR count). The molecular formula is C18H21N3O2. The number of carbonyl (C=O) groups excluding carboxylic acids is 1. The van der Waals surface area contributed by atoms with Crippen LogP contribution in [0.15, 0.2) is 42.6 Å². The number of nitrogens with one attached hydrogen (secondary N) is 2. The summed E-state index contributed by atoms with van der Waals surface area (Å²) >= 11 is 0. The number of aryl methyl sites for hydroxylation is 1. The molecule has 1 aromatic heterocycles. The highest BCUT2D eigenvalue weighted by atomic mass is 16.5. The van der Waals surface area contributed by atoms with Crippen molar-refractivity contribution >= 4 is 17.4 Å². The zero-order valence-electron chi connectivity index (χ0n) is 13.2. The van der Waals surface area contributed by atoms with E-state index in [1.807, 2.05) is 31.2 Å². The average Bonchev–Trinajstić information content (AvgIpc) is 3.08. The lowest BCUT2D eigenvalue weighted by Crippen LogP contribution is -2.18. The van der Waals surface area contributed by atoms with Gasteiger partial charge in [-0.1, -0.05) is 17.7 Å². The molecule has 1 unspecified atom stereocenters. The van der Waals surface area contributed by atoms with Crippen molar-refractivity contribution in [2.24, 2.45) is 0 Å². The van der Waals surface area contributed by atoms with Gasteiger partial charge in [0.25, 0.3) is 5.91 Å². The van der Waals surface area contributed by atoms with Crippen LogP contribution in [0.4, 0.5) is 11.5 Å². The molecule has 1 aliphatic heterocycles. The molecule has 120 valence electrons. The highest BCUT2D eigenvalue weighted by Gasteiger charge is 2.14. The highest BCUT2D eigenvalue weighted by Crippen LogP contribution is 2.15. The molecule has 1 fully saturated rings. The normalized spacial score (nSPS) is 17.0. The van der Waals surface area contributed by atoms with Gasteiger partial charge < -0.3 is 15.4 Å². The molecule has 0 spiro atoms. The predicted molar refractivity (Wildman–Crippen MR) is 90.8 cm³/mol. The van der Waals surface area contributed by atoms with Crippen molar-refractivity contribution in [3.8, 4) is 0 Å². The molecule has 1 aromatic carbocycles. The number of nitrogens with zero attached hydrogens (tertiary/aromatic N) is 1. The summed E-state index contributed by atoms with van der Waals surface area (Å²) in [5.74, 6) is 0.389. The predicted octanol–water partition coefficient (Wildman–Crippen LogP) is 3.23. The van der Waals surface area contributed by atoms with Gasteiger partial charge in [0.05, 0.1) is 18.0 Å². The molecule has 0 aliphatic carbocycles. The van der Waals surface area contributed by atoms with Gasteiger partial charge in [0, 0.05) is 18.7 Å². The van der Waals surface area contributed by atoms with E-state index in [1.165, 1.54) is 0 Å². The Balaban J connectivity index is 1.55. The molecule has 1 aliphatic rings. The number of hydrogen-bond donors (Lipinski definition) is 2. The second-order valence-electron chi connectivity index (χ2n) is 5.77. The highest BCUT2D eigenvalue weighted by molar-refractivity contribution is 6.03. The average molecular weight is 311 g/mol. The van der Waals surface area contributed by atoms with Crippen LogP contribution in [0.2, 0.25) is 0 Å². The number of anilines is 2. The summed E-state index contributed by atoms with van der Waals surface area (Å²) in [6, 6.07) is 11.2. The molecular weight excluding hydrogens is 290 g/mol. The fraction of sp³-hybridized carbons (Fsp3) is 0.333. The Kier molecular flexibility index (Phi) is 4.88. The molecule has 0 saturated carbocycles. The van der Waals surface area contributed by atoms with E-state index in [0.29, 0.717) is 11.4 Å². The maximum Gasteiger partial charge on any atom is 0.256 e. The van der Waals surface area contributed by atoms with Crippen LogP contribution in [0.3, 0.4) is 0 Å². The zero-order chi connectivity index (χ0) is 16.1. The van der Waals surface area contributed by atoms with Gasteiger partial charge in [-0.15, -0.1) is 0 Å². The smallest absolute Gasteiger partial charge is 0.256 e. The number of pyridine rings is 1. The third-order valence-corrected chi connectivity index (χ3v) is 3.84. The summed E-state index contributed by atoms with van der Waals surface area (Å²) in [4.78, 5) is 16.4. The van der Waals surface area contributed by atoms with E-state index in [-0.39, 0.29) is 12.0 Å². The Morgan fingerprint density at radius 1 is 1.35 bits per heavy atom. The largest absolute Gasteiger partial charge is 0.381 e. The first-order valence-corrected chi connectivity index (χ1v) is 7.90. The lowest BCUT2D eigenvalue weighted by Gasteiger charge is -2.12. The quantitative estimate of drug-likeness (QED) is 0.890. The van der Waals surface area contributed by atoms with Gasteiger partial charge in [-0.25, -0.2) is 4.98 Å². The van der Waals surface area contributed by atoms with Gasteiger partial charge in [0.1, 0.15) is 5.82 Å². The van der Waals surface area contributed by atoms with E-state index >= 15 is 0 Å². The van der Waals surface area contributed by atoms with Crippen LogP contribution in [0, 0.1) is 6.92 Å². The number of aromatic nitrogens is 1. The Labute approximate surface area is 136 Å². The summed E-state index contributed by atoms with van der Waals surface area (Å²) in [5.41, 5.74) is 2.61. The monoisotopic (exact) mass is 311 g/mol. The van der Waals surface area contributed by atoms with E-state index in [2.05, 4.69) is 15.6 Å². The van der Waals surface area contributed by atoms with E-state index in [0.717, 1.165) is 37.2 Å². The molecule has 1 saturated heterocycles. The molecule has 2 N–H and O–H groups in total. The van der Waals surface area contributed by atoms with Crippen molar-refractivity contribution in [2.45, 2.75) is 25.9 Å². The van der Waals surface area contributed by atoms with Crippen LogP contribution in [0.1, 0.15) is 28.8 Å². The van der Waals surface area contributed by atoms with Gasteiger partial charge in [-0.2, -0.15) is 0 Å². The van der Waals surface area contributed by atoms with Gasteiger partial charge in [-0.05, 0) is 44.0 Å². The molecule has 23 heavy (non-hydrogen) atoms. The Morgan fingerprint density at radius 2 is 2.26 bits per heavy atom. The fourth-order valence-electron chi connectivity index (χ4n) is 2.58. The van der Waals surface area contributed by atoms with Crippen LogP contribution >= 0.6 is 0 Å². The summed E-state index contributed by atoms with van der Waals surface area (Å²) < 4.78 is 5.57. The Hall–Kier alpha value is -2.40. The molecule has 5 heteroatoms. The summed E-state index contributed by atoms with van der Waals surface area (Å²) in [5, 5.41) is 6.11. The van der Waals surface area contributed by atoms with E-state index in [9.17, 15) is 4.79 Å². The number of rotatable bonds is 5. The Morgan fingerprint density at radius 3 is 2.96 bits per heavy atom. The van der Waals surface area contributed by atoms with Crippen LogP contribution < -0.4 is 10.6 Å². The van der Waals surface area contributed by atoms with Crippen LogP contribution in [0.5, 0.6) is 0 Å². The number of amides is 1. The summed E-state index contributed by atoms with van der Waals surface area (Å²) in [6.07, 6.45) is 4.25. The lowest BCUT2D eigenvalue weighted by atomic mass is 10.1. The second-order valence-corrected chi connectivity index (χ2v) is 5.77. The molecule has 5 nitrogen and oxygen atoms in total. The number of benzene rings is 1. The molecule has 2 aromatic rings. The molecule has 2 heterocycles. The first kappa shape index (κ1) is 15.5. The molecule has 0 bridgehead atoms. The minimum Gasteiger partial charge on any atom is -0.381 e. The van der Waals surface area contributed by atoms with Crippen molar-refractivity contribution in [1.29, 1.82) is 0 Å². The van der Waals surface area contributed by atoms with Gasteiger partial charge in [0.2, 0.25) is 0 Å². The SMILES string of the molecule is Cc1cccc(C(=O)Nc2ccc(NCC3CCCO3)cn2)c1. The third kappa shape index (κ3) is 4.29. The first-order chi connectivity index (χ1) is 11.2. The van der Waals surface area contributed by atoms with Crippen molar-refractivity contribution in [2.75, 3.05) is 23.8 Å². The van der Waals surface area contributed by atoms with Crippen molar-refractivity contribution < 1.29 is 9.53 Å². The van der Waals surface area contributed by atoms with Crippen LogP contribution in [-0.2, 0) is 4.74 Å². The van der Waals surface area contributed by atoms with E-state index in [4.69, 9.17) is 4.74 Å². The van der Waals surface area contributed by atoms with Crippen LogP contribution in [0.25, 0.3) is 0 Å². The molecule has 1 atom stereocenters. The maximum absolute atomic E-state index is 12.2. The van der Waals surface area contributed by atoms with Gasteiger partial charge >= 0.3 is 0 Å². The van der Waals surface area contributed by atoms with E-state index in [1.54, 1.807) is 18.3 Å². The fourth-order valence-corrected chi connectivity index (χ4v) is 2.58. The van der Waals surface area contributed by atoms with Crippen molar-refractivity contribution in [3.63, 3.8) is 0 Å². The maximum atomic E-state index is 12.2. The number of hydrogen-bond acceptors (Lipinski definition) is 4. The molecule has 0 radical (unpaired) electrons. The standard InChI is InChI=1S/C18H21N3O2/c1-13-4-2-5-14(10-13)18(22)21-17-8-7-15(11-20-17)19-12-16-6-3-9-23-16/h2,4-5,7-8,10-11,16,19H,3,6,9,12H2,1H3,(H,20,21,22). The Bertz CT molecular complexity index is 664. The van der Waals surface area contributed by atoms with E-state index < -0.39 is 0 Å². The third-order valence-electron chi connectivity index (χ3n) is 3.84. The lowest BCUT2D eigenvalue weighted by molar-refractivity contribution is 0.102. The topological polar surface area (TPSA) is 63.2 Å². The molecule has 1 amide bonds. The van der Waals surface area contributed by atoms with Gasteiger partial charge in [0.15, 0.2) is 0 Å². The minimum absolute atomic E-state index is 0.152. The van der Waals surface area contributed by atoms with Crippen LogP contribution in [-0.4, -0.2) is 30.1 Å². The minimum atomic E-state index is -0.152. The van der Waals surface area contributed by atoms with Gasteiger partial charge in [-0.3, -0.25) is 4.79 Å².